The van der Waals surface area contributed by atoms with E-state index >= 15 is 0 Å². The van der Waals surface area contributed by atoms with Crippen LogP contribution in [-0.4, -0.2) is 4.57 Å². The van der Waals surface area contributed by atoms with E-state index in [1.165, 1.54) is 4.57 Å². The first-order valence-electron chi connectivity index (χ1n) is 6.72. The zero-order valence-corrected chi connectivity index (χ0v) is 12.7. The number of hydrogen-bond acceptors (Lipinski definition) is 2. The Morgan fingerprint density at radius 1 is 1.05 bits per heavy atom. The third-order valence-electron chi connectivity index (χ3n) is 3.52. The molecular formula is C18H13ClN2O. The lowest BCUT2D eigenvalue weighted by atomic mass is 10.1. The van der Waals surface area contributed by atoms with Gasteiger partial charge in [0.15, 0.2) is 0 Å². The first-order valence-corrected chi connectivity index (χ1v) is 7.10. The molecule has 2 N–H and O–H groups in total. The van der Waals surface area contributed by atoms with Gasteiger partial charge in [0.05, 0.1) is 11.1 Å². The van der Waals surface area contributed by atoms with Gasteiger partial charge in [-0.1, -0.05) is 41.6 Å². The largest absolute Gasteiger partial charge is 0.393 e. The second kappa shape index (κ2) is 5.59. The van der Waals surface area contributed by atoms with Crippen LogP contribution in [0.15, 0.2) is 53.3 Å². The number of hydrogen-bond donors (Lipinski definition) is 1. The van der Waals surface area contributed by atoms with Crippen molar-refractivity contribution in [3.05, 3.63) is 75.0 Å². The van der Waals surface area contributed by atoms with Gasteiger partial charge in [0.1, 0.15) is 5.69 Å². The van der Waals surface area contributed by atoms with Crippen molar-refractivity contribution >= 4 is 28.2 Å². The highest BCUT2D eigenvalue weighted by Crippen LogP contribution is 2.20. The Labute approximate surface area is 132 Å². The van der Waals surface area contributed by atoms with Gasteiger partial charge in [-0.05, 0) is 30.3 Å². The summed E-state index contributed by atoms with van der Waals surface area (Å²) < 4.78 is 1.54. The minimum atomic E-state index is -0.237. The van der Waals surface area contributed by atoms with Crippen LogP contribution in [0.25, 0.3) is 10.9 Å². The average Bonchev–Trinajstić information content (AvgIpc) is 2.54. The lowest BCUT2D eigenvalue weighted by Gasteiger charge is -2.09. The van der Waals surface area contributed by atoms with Crippen molar-refractivity contribution in [3.8, 4) is 11.8 Å². The quantitative estimate of drug-likeness (QED) is 0.648. The Kier molecular flexibility index (Phi) is 3.62. The van der Waals surface area contributed by atoms with Crippen LogP contribution < -0.4 is 11.3 Å². The lowest BCUT2D eigenvalue weighted by Crippen LogP contribution is -2.22. The fraction of sp³-hybridized carbons (Fsp3) is 0.0556. The van der Waals surface area contributed by atoms with Crippen LogP contribution in [0.1, 0.15) is 11.1 Å². The maximum absolute atomic E-state index is 12.2. The molecular weight excluding hydrogens is 296 g/mol. The van der Waals surface area contributed by atoms with E-state index in [1.54, 1.807) is 19.2 Å². The van der Waals surface area contributed by atoms with E-state index in [-0.39, 0.29) is 11.2 Å². The topological polar surface area (TPSA) is 48.0 Å². The third-order valence-corrected chi connectivity index (χ3v) is 3.77. The summed E-state index contributed by atoms with van der Waals surface area (Å²) in [5.41, 5.74) is 8.10. The van der Waals surface area contributed by atoms with Crippen LogP contribution in [-0.2, 0) is 7.05 Å². The zero-order chi connectivity index (χ0) is 15.7. The molecule has 0 spiro atoms. The monoisotopic (exact) mass is 308 g/mol. The molecule has 3 aromatic rings. The minimum Gasteiger partial charge on any atom is -0.393 e. The number of nitrogens with zero attached hydrogens (tertiary/aromatic N) is 1. The average molecular weight is 309 g/mol. The number of nitrogens with two attached hydrogens (primary N) is 1. The van der Waals surface area contributed by atoms with E-state index in [0.717, 1.165) is 16.5 Å². The third kappa shape index (κ3) is 2.45. The molecule has 108 valence electrons. The van der Waals surface area contributed by atoms with Crippen LogP contribution in [0.3, 0.4) is 0 Å². The first-order chi connectivity index (χ1) is 10.6. The van der Waals surface area contributed by atoms with Crippen molar-refractivity contribution in [1.82, 2.24) is 4.57 Å². The number of anilines is 1. The molecule has 0 unspecified atom stereocenters. The molecule has 0 bridgehead atoms. The van der Waals surface area contributed by atoms with E-state index in [0.29, 0.717) is 10.6 Å². The molecule has 0 fully saturated rings. The molecule has 1 heterocycles. The summed E-state index contributed by atoms with van der Waals surface area (Å²) in [6, 6.07) is 14.8. The van der Waals surface area contributed by atoms with Crippen molar-refractivity contribution < 1.29 is 0 Å². The van der Waals surface area contributed by atoms with Crippen LogP contribution in [0, 0.1) is 11.8 Å². The molecule has 0 amide bonds. The summed E-state index contributed by atoms with van der Waals surface area (Å²) in [6.07, 6.45) is 0. The fourth-order valence-electron chi connectivity index (χ4n) is 2.32. The molecule has 0 aliphatic carbocycles. The van der Waals surface area contributed by atoms with E-state index in [4.69, 9.17) is 17.3 Å². The minimum absolute atomic E-state index is 0.169. The number of pyridine rings is 1. The zero-order valence-electron chi connectivity index (χ0n) is 11.9. The molecule has 3 nitrogen and oxygen atoms in total. The highest BCUT2D eigenvalue weighted by Gasteiger charge is 2.10. The molecule has 2 aromatic carbocycles. The standard InChI is InChI=1S/C18H13ClN2O/c1-21-16-5-3-2-4-14(16)15(17(20)18(21)22)11-8-12-6-9-13(19)10-7-12/h2-7,9-10H,20H2,1H3. The summed E-state index contributed by atoms with van der Waals surface area (Å²) in [5.74, 6) is 6.06. The molecule has 1 aromatic heterocycles. The molecule has 0 radical (unpaired) electrons. The van der Waals surface area contributed by atoms with Crippen LogP contribution in [0.4, 0.5) is 5.69 Å². The fourth-order valence-corrected chi connectivity index (χ4v) is 2.45. The van der Waals surface area contributed by atoms with E-state index in [1.807, 2.05) is 36.4 Å². The number of aromatic nitrogens is 1. The lowest BCUT2D eigenvalue weighted by molar-refractivity contribution is 0.909. The van der Waals surface area contributed by atoms with Crippen molar-refractivity contribution in [3.63, 3.8) is 0 Å². The summed E-state index contributed by atoms with van der Waals surface area (Å²) in [6.45, 7) is 0. The van der Waals surface area contributed by atoms with Crippen molar-refractivity contribution in [1.29, 1.82) is 0 Å². The number of fused-ring (bicyclic) bond motifs is 1. The predicted octanol–water partition coefficient (Wildman–Crippen LogP) is 3.17. The molecule has 22 heavy (non-hydrogen) atoms. The second-order valence-electron chi connectivity index (χ2n) is 4.93. The number of benzene rings is 2. The Morgan fingerprint density at radius 3 is 2.45 bits per heavy atom. The van der Waals surface area contributed by atoms with E-state index in [9.17, 15) is 4.79 Å². The molecule has 3 rings (SSSR count). The number of rotatable bonds is 0. The molecule has 0 atom stereocenters. The molecule has 4 heteroatoms. The number of para-hydroxylation sites is 1. The van der Waals surface area contributed by atoms with Crippen LogP contribution in [0.5, 0.6) is 0 Å². The number of aryl methyl sites for hydroxylation is 1. The van der Waals surface area contributed by atoms with Crippen molar-refractivity contribution in [2.24, 2.45) is 7.05 Å². The van der Waals surface area contributed by atoms with Crippen molar-refractivity contribution in [2.45, 2.75) is 0 Å². The van der Waals surface area contributed by atoms with Gasteiger partial charge in [-0.25, -0.2) is 0 Å². The van der Waals surface area contributed by atoms with Gasteiger partial charge in [0, 0.05) is 23.0 Å². The number of nitrogen functional groups attached to an aromatic ring is 1. The summed E-state index contributed by atoms with van der Waals surface area (Å²) in [5, 5.41) is 1.52. The van der Waals surface area contributed by atoms with Crippen LogP contribution in [0.2, 0.25) is 5.02 Å². The smallest absolute Gasteiger partial charge is 0.275 e. The first kappa shape index (κ1) is 14.2. The highest BCUT2D eigenvalue weighted by atomic mass is 35.5. The summed E-state index contributed by atoms with van der Waals surface area (Å²) in [7, 11) is 1.71. The van der Waals surface area contributed by atoms with Gasteiger partial charge in [-0.15, -0.1) is 0 Å². The molecule has 0 saturated heterocycles. The van der Waals surface area contributed by atoms with Gasteiger partial charge in [0.2, 0.25) is 0 Å². The van der Waals surface area contributed by atoms with Gasteiger partial charge < -0.3 is 10.3 Å². The van der Waals surface area contributed by atoms with E-state index in [2.05, 4.69) is 11.8 Å². The molecule has 0 aliphatic rings. The van der Waals surface area contributed by atoms with Crippen LogP contribution >= 0.6 is 11.6 Å². The molecule has 0 aliphatic heterocycles. The summed E-state index contributed by atoms with van der Waals surface area (Å²) in [4.78, 5) is 12.2. The van der Waals surface area contributed by atoms with Gasteiger partial charge in [-0.2, -0.15) is 0 Å². The summed E-state index contributed by atoms with van der Waals surface area (Å²) >= 11 is 5.86. The Balaban J connectivity index is 2.24. The predicted molar refractivity (Wildman–Crippen MR) is 91.0 cm³/mol. The second-order valence-corrected chi connectivity index (χ2v) is 5.36. The maximum atomic E-state index is 12.2. The van der Waals surface area contributed by atoms with Gasteiger partial charge >= 0.3 is 0 Å². The normalized spacial score (nSPS) is 10.3. The molecule has 0 saturated carbocycles. The Morgan fingerprint density at radius 2 is 1.73 bits per heavy atom. The maximum Gasteiger partial charge on any atom is 0.275 e. The Bertz CT molecular complexity index is 976. The SMILES string of the molecule is Cn1c(=O)c(N)c(C#Cc2ccc(Cl)cc2)c2ccccc21. The number of halogens is 1. The van der Waals surface area contributed by atoms with Gasteiger partial charge in [-0.3, -0.25) is 4.79 Å². The Hall–Kier alpha value is -2.70. The van der Waals surface area contributed by atoms with E-state index < -0.39 is 0 Å². The highest BCUT2D eigenvalue weighted by molar-refractivity contribution is 6.30. The van der Waals surface area contributed by atoms with Gasteiger partial charge in [0.25, 0.3) is 5.56 Å². The van der Waals surface area contributed by atoms with Crippen molar-refractivity contribution in [2.75, 3.05) is 5.73 Å².